The minimum atomic E-state index is -0.243. The second-order valence-corrected chi connectivity index (χ2v) is 6.11. The average Bonchev–Trinajstić information content (AvgIpc) is 3.00. The summed E-state index contributed by atoms with van der Waals surface area (Å²) in [6.45, 7) is 0.921. The molecule has 112 valence electrons. The van der Waals surface area contributed by atoms with Crippen molar-refractivity contribution in [1.82, 2.24) is 0 Å². The maximum atomic E-state index is 10.2. The molecule has 0 spiro atoms. The fourth-order valence-electron chi connectivity index (χ4n) is 3.19. The zero-order valence-electron chi connectivity index (χ0n) is 12.5. The fourth-order valence-corrected chi connectivity index (χ4v) is 3.19. The Bertz CT molecular complexity index is 573. The van der Waals surface area contributed by atoms with Gasteiger partial charge in [-0.05, 0) is 54.9 Å². The maximum Gasteiger partial charge on any atom is 0.0580 e. The van der Waals surface area contributed by atoms with Crippen LogP contribution >= 0.6 is 0 Å². The zero-order valence-corrected chi connectivity index (χ0v) is 12.5. The van der Waals surface area contributed by atoms with Gasteiger partial charge in [-0.3, -0.25) is 0 Å². The molecule has 1 aliphatic rings. The summed E-state index contributed by atoms with van der Waals surface area (Å²) in [5.74, 6) is 0. The number of ether oxygens (including phenoxy) is 1. The molecule has 0 saturated carbocycles. The molecule has 1 fully saturated rings. The predicted octanol–water partition coefficient (Wildman–Crippen LogP) is 4.09. The van der Waals surface area contributed by atoms with Crippen molar-refractivity contribution in [2.75, 3.05) is 6.61 Å². The van der Waals surface area contributed by atoms with Crippen LogP contribution in [0, 0.1) is 0 Å². The first-order chi connectivity index (χ1) is 10.3. The molecule has 3 rings (SSSR count). The van der Waals surface area contributed by atoms with Gasteiger partial charge in [0.1, 0.15) is 0 Å². The highest BCUT2D eigenvalue weighted by atomic mass is 16.5. The Morgan fingerprint density at radius 3 is 2.81 bits per heavy atom. The van der Waals surface area contributed by atoms with Crippen LogP contribution in [0.2, 0.25) is 0 Å². The molecular weight excluding hydrogens is 260 g/mol. The molecular formula is C19H24O2. The summed E-state index contributed by atoms with van der Waals surface area (Å²) < 4.78 is 5.62. The van der Waals surface area contributed by atoms with Crippen molar-refractivity contribution in [3.63, 3.8) is 0 Å². The van der Waals surface area contributed by atoms with E-state index >= 15 is 0 Å². The van der Waals surface area contributed by atoms with Gasteiger partial charge in [-0.25, -0.2) is 0 Å². The summed E-state index contributed by atoms with van der Waals surface area (Å²) in [6.07, 6.45) is 6.35. The van der Waals surface area contributed by atoms with Gasteiger partial charge in [0.15, 0.2) is 0 Å². The van der Waals surface area contributed by atoms with E-state index in [0.717, 1.165) is 32.3 Å². The Hall–Kier alpha value is -1.38. The van der Waals surface area contributed by atoms with Gasteiger partial charge >= 0.3 is 0 Å². The Morgan fingerprint density at radius 1 is 1.14 bits per heavy atom. The second kappa shape index (κ2) is 7.06. The number of benzene rings is 2. The van der Waals surface area contributed by atoms with E-state index in [1.165, 1.54) is 29.2 Å². The van der Waals surface area contributed by atoms with Gasteiger partial charge < -0.3 is 9.84 Å². The molecule has 0 amide bonds. The Labute approximate surface area is 126 Å². The normalized spacial score (nSPS) is 20.0. The van der Waals surface area contributed by atoms with E-state index in [4.69, 9.17) is 4.74 Å². The minimum absolute atomic E-state index is 0.243. The topological polar surface area (TPSA) is 29.5 Å². The molecule has 0 radical (unpaired) electrons. The van der Waals surface area contributed by atoms with Crippen molar-refractivity contribution >= 4 is 10.8 Å². The summed E-state index contributed by atoms with van der Waals surface area (Å²) in [5, 5.41) is 12.7. The van der Waals surface area contributed by atoms with E-state index in [-0.39, 0.29) is 6.10 Å². The molecule has 2 aromatic carbocycles. The highest BCUT2D eigenvalue weighted by Crippen LogP contribution is 2.20. The molecule has 21 heavy (non-hydrogen) atoms. The van der Waals surface area contributed by atoms with Crippen molar-refractivity contribution in [3.8, 4) is 0 Å². The first-order valence-corrected chi connectivity index (χ1v) is 8.08. The quantitative estimate of drug-likeness (QED) is 0.865. The second-order valence-electron chi connectivity index (χ2n) is 6.11. The van der Waals surface area contributed by atoms with Gasteiger partial charge in [0.05, 0.1) is 12.2 Å². The van der Waals surface area contributed by atoms with Crippen molar-refractivity contribution < 1.29 is 9.84 Å². The summed E-state index contributed by atoms with van der Waals surface area (Å²) >= 11 is 0. The molecule has 1 N–H and O–H groups in total. The average molecular weight is 284 g/mol. The van der Waals surface area contributed by atoms with Crippen molar-refractivity contribution in [2.45, 2.75) is 50.7 Å². The van der Waals surface area contributed by atoms with E-state index in [1.54, 1.807) is 0 Å². The van der Waals surface area contributed by atoms with E-state index in [0.29, 0.717) is 6.10 Å². The van der Waals surface area contributed by atoms with Gasteiger partial charge in [0, 0.05) is 6.61 Å². The molecule has 1 heterocycles. The molecule has 0 aromatic heterocycles. The Balaban J connectivity index is 1.49. The number of aliphatic hydroxyl groups excluding tert-OH is 1. The third-order valence-electron chi connectivity index (χ3n) is 4.37. The lowest BCUT2D eigenvalue weighted by Gasteiger charge is -2.13. The van der Waals surface area contributed by atoms with Crippen LogP contribution in [0.25, 0.3) is 10.8 Å². The monoisotopic (exact) mass is 284 g/mol. The molecule has 2 nitrogen and oxygen atoms in total. The predicted molar refractivity (Wildman–Crippen MR) is 86.5 cm³/mol. The first-order valence-electron chi connectivity index (χ1n) is 8.08. The van der Waals surface area contributed by atoms with E-state index in [9.17, 15) is 5.11 Å². The SMILES string of the molecule is OC(CCCC1CCCO1)Cc1ccc2ccccc2c1. The fraction of sp³-hybridized carbons (Fsp3) is 0.474. The van der Waals surface area contributed by atoms with Crippen LogP contribution in [0.4, 0.5) is 0 Å². The molecule has 0 bridgehead atoms. The zero-order chi connectivity index (χ0) is 14.5. The van der Waals surface area contributed by atoms with Gasteiger partial charge in [-0.2, -0.15) is 0 Å². The third kappa shape index (κ3) is 4.05. The summed E-state index contributed by atoms with van der Waals surface area (Å²) in [7, 11) is 0. The van der Waals surface area contributed by atoms with Crippen molar-refractivity contribution in [2.24, 2.45) is 0 Å². The highest BCUT2D eigenvalue weighted by Gasteiger charge is 2.15. The number of hydrogen-bond acceptors (Lipinski definition) is 2. The van der Waals surface area contributed by atoms with Gasteiger partial charge in [-0.15, -0.1) is 0 Å². The Morgan fingerprint density at radius 2 is 2.00 bits per heavy atom. The number of aliphatic hydroxyl groups is 1. The van der Waals surface area contributed by atoms with Crippen LogP contribution < -0.4 is 0 Å². The third-order valence-corrected chi connectivity index (χ3v) is 4.37. The highest BCUT2D eigenvalue weighted by molar-refractivity contribution is 5.82. The van der Waals surface area contributed by atoms with Gasteiger partial charge in [-0.1, -0.05) is 42.5 Å². The molecule has 2 unspecified atom stereocenters. The number of fused-ring (bicyclic) bond motifs is 1. The van der Waals surface area contributed by atoms with Crippen LogP contribution in [0.15, 0.2) is 42.5 Å². The molecule has 2 atom stereocenters. The number of rotatable bonds is 6. The van der Waals surface area contributed by atoms with Crippen LogP contribution in [0.5, 0.6) is 0 Å². The standard InChI is InChI=1S/C19H24O2/c20-18(7-3-8-19-9-4-12-21-19)14-15-10-11-16-5-1-2-6-17(16)13-15/h1-2,5-6,10-11,13,18-20H,3-4,7-9,12,14H2. The molecule has 0 aliphatic carbocycles. The maximum absolute atomic E-state index is 10.2. The van der Waals surface area contributed by atoms with Crippen LogP contribution in [-0.4, -0.2) is 23.9 Å². The molecule has 1 aliphatic heterocycles. The van der Waals surface area contributed by atoms with Crippen LogP contribution in [-0.2, 0) is 11.2 Å². The molecule has 2 aromatic rings. The van der Waals surface area contributed by atoms with Crippen molar-refractivity contribution in [1.29, 1.82) is 0 Å². The summed E-state index contributed by atoms with van der Waals surface area (Å²) in [5.41, 5.74) is 1.22. The smallest absolute Gasteiger partial charge is 0.0580 e. The van der Waals surface area contributed by atoms with Crippen molar-refractivity contribution in [3.05, 3.63) is 48.0 Å². The van der Waals surface area contributed by atoms with E-state index in [1.807, 2.05) is 0 Å². The summed E-state index contributed by atoms with van der Waals surface area (Å²) in [6, 6.07) is 14.8. The molecule has 2 heteroatoms. The van der Waals surface area contributed by atoms with E-state index < -0.39 is 0 Å². The van der Waals surface area contributed by atoms with Gasteiger partial charge in [0.2, 0.25) is 0 Å². The minimum Gasteiger partial charge on any atom is -0.393 e. The van der Waals surface area contributed by atoms with Crippen LogP contribution in [0.3, 0.4) is 0 Å². The largest absolute Gasteiger partial charge is 0.393 e. The van der Waals surface area contributed by atoms with E-state index in [2.05, 4.69) is 42.5 Å². The lowest BCUT2D eigenvalue weighted by atomic mass is 9.99. The Kier molecular flexibility index (Phi) is 4.89. The lowest BCUT2D eigenvalue weighted by molar-refractivity contribution is 0.0945. The number of hydrogen-bond donors (Lipinski definition) is 1. The lowest BCUT2D eigenvalue weighted by Crippen LogP contribution is -2.12. The van der Waals surface area contributed by atoms with Gasteiger partial charge in [0.25, 0.3) is 0 Å². The first kappa shape index (κ1) is 14.6. The summed E-state index contributed by atoms with van der Waals surface area (Å²) in [4.78, 5) is 0. The molecule has 1 saturated heterocycles. The van der Waals surface area contributed by atoms with Crippen LogP contribution in [0.1, 0.15) is 37.7 Å².